The molecule has 0 radical (unpaired) electrons. The summed E-state index contributed by atoms with van der Waals surface area (Å²) >= 11 is 0. The van der Waals surface area contributed by atoms with E-state index < -0.39 is 6.09 Å². The molecular formula is C26H21NO2. The zero-order valence-corrected chi connectivity index (χ0v) is 15.9. The fourth-order valence-corrected chi connectivity index (χ4v) is 3.60. The number of para-hydroxylation sites is 2. The summed E-state index contributed by atoms with van der Waals surface area (Å²) < 4.78 is 0. The maximum atomic E-state index is 11.2. The SMILES string of the molecule is C1=Cc2cccc3cccc(c23)C1.O=C(O)N(c1ccccc1)c1ccccc1. The fraction of sp³-hybridized carbons (Fsp3) is 0.0385. The third-order valence-electron chi connectivity index (χ3n) is 4.88. The van der Waals surface area contributed by atoms with Crippen molar-refractivity contribution in [3.63, 3.8) is 0 Å². The number of rotatable bonds is 2. The van der Waals surface area contributed by atoms with Gasteiger partial charge in [-0.3, -0.25) is 0 Å². The van der Waals surface area contributed by atoms with E-state index in [-0.39, 0.29) is 0 Å². The molecule has 1 amide bonds. The van der Waals surface area contributed by atoms with Gasteiger partial charge in [0.05, 0.1) is 11.4 Å². The van der Waals surface area contributed by atoms with E-state index in [2.05, 4.69) is 48.6 Å². The Morgan fingerprint density at radius 3 is 1.90 bits per heavy atom. The molecule has 0 aliphatic heterocycles. The summed E-state index contributed by atoms with van der Waals surface area (Å²) in [5, 5.41) is 12.0. The minimum absolute atomic E-state index is 0.640. The summed E-state index contributed by atoms with van der Waals surface area (Å²) in [6.45, 7) is 0. The van der Waals surface area contributed by atoms with E-state index >= 15 is 0 Å². The van der Waals surface area contributed by atoms with E-state index in [4.69, 9.17) is 0 Å². The third kappa shape index (κ3) is 4.04. The normalized spacial score (nSPS) is 11.4. The number of carbonyl (C=O) groups is 1. The summed E-state index contributed by atoms with van der Waals surface area (Å²) in [5.41, 5.74) is 4.09. The molecule has 3 heteroatoms. The van der Waals surface area contributed by atoms with Crippen LogP contribution in [0.4, 0.5) is 16.2 Å². The van der Waals surface area contributed by atoms with Crippen molar-refractivity contribution in [2.45, 2.75) is 6.42 Å². The van der Waals surface area contributed by atoms with Crippen molar-refractivity contribution >= 4 is 34.3 Å². The molecule has 0 fully saturated rings. The summed E-state index contributed by atoms with van der Waals surface area (Å²) in [5.74, 6) is 0. The van der Waals surface area contributed by atoms with E-state index in [1.165, 1.54) is 26.8 Å². The second kappa shape index (κ2) is 8.44. The molecule has 3 nitrogen and oxygen atoms in total. The molecule has 5 rings (SSSR count). The highest BCUT2D eigenvalue weighted by molar-refractivity contribution is 5.95. The Bertz CT molecular complexity index is 1110. The molecule has 0 saturated heterocycles. The monoisotopic (exact) mass is 379 g/mol. The van der Waals surface area contributed by atoms with Crippen LogP contribution in [0.5, 0.6) is 0 Å². The van der Waals surface area contributed by atoms with Gasteiger partial charge in [0.15, 0.2) is 0 Å². The van der Waals surface area contributed by atoms with Crippen LogP contribution in [0.25, 0.3) is 16.8 Å². The topological polar surface area (TPSA) is 40.5 Å². The average Bonchev–Trinajstić information content (AvgIpc) is 2.76. The number of amides is 1. The number of allylic oxidation sites excluding steroid dienone is 1. The van der Waals surface area contributed by atoms with Crippen LogP contribution in [-0.2, 0) is 6.42 Å². The standard InChI is InChI=1S/C13H11NO2.C13H10/c15-13(16)14(11-7-3-1-4-8-11)12-9-5-2-6-10-12;1-4-10-6-2-8-12-9-3-7-11(5-1)13(10)12/h1-10H,(H,15,16);1-8H,9H2. The van der Waals surface area contributed by atoms with Crippen molar-refractivity contribution < 1.29 is 9.90 Å². The number of benzene rings is 4. The molecule has 142 valence electrons. The molecule has 1 N–H and O–H groups in total. The van der Waals surface area contributed by atoms with Crippen molar-refractivity contribution in [1.29, 1.82) is 0 Å². The first-order valence-corrected chi connectivity index (χ1v) is 9.54. The summed E-state index contributed by atoms with van der Waals surface area (Å²) in [6, 6.07) is 31.1. The third-order valence-corrected chi connectivity index (χ3v) is 4.88. The number of anilines is 2. The molecule has 0 heterocycles. The van der Waals surface area contributed by atoms with Gasteiger partial charge in [0.2, 0.25) is 0 Å². The van der Waals surface area contributed by atoms with E-state index in [9.17, 15) is 9.90 Å². The van der Waals surface area contributed by atoms with Crippen LogP contribution >= 0.6 is 0 Å². The first-order valence-electron chi connectivity index (χ1n) is 9.54. The molecule has 0 atom stereocenters. The van der Waals surface area contributed by atoms with Gasteiger partial charge in [0.1, 0.15) is 0 Å². The Labute approximate surface area is 170 Å². The molecule has 4 aromatic rings. The predicted molar refractivity (Wildman–Crippen MR) is 120 cm³/mol. The van der Waals surface area contributed by atoms with Crippen LogP contribution in [-0.4, -0.2) is 11.2 Å². The van der Waals surface area contributed by atoms with E-state index in [0.29, 0.717) is 11.4 Å². The van der Waals surface area contributed by atoms with E-state index in [1.807, 2.05) is 36.4 Å². The maximum Gasteiger partial charge on any atom is 0.416 e. The second-order valence-electron chi connectivity index (χ2n) is 6.76. The minimum atomic E-state index is -0.989. The van der Waals surface area contributed by atoms with Gasteiger partial charge in [-0.15, -0.1) is 0 Å². The van der Waals surface area contributed by atoms with E-state index in [1.54, 1.807) is 24.3 Å². The van der Waals surface area contributed by atoms with Gasteiger partial charge in [-0.2, -0.15) is 0 Å². The van der Waals surface area contributed by atoms with Crippen LogP contribution in [0.2, 0.25) is 0 Å². The molecule has 0 bridgehead atoms. The highest BCUT2D eigenvalue weighted by Crippen LogP contribution is 2.28. The zero-order chi connectivity index (χ0) is 20.1. The first-order chi connectivity index (χ1) is 14.2. The van der Waals surface area contributed by atoms with Gasteiger partial charge >= 0.3 is 6.09 Å². The first kappa shape index (κ1) is 18.5. The lowest BCUT2D eigenvalue weighted by atomic mass is 9.93. The summed E-state index contributed by atoms with van der Waals surface area (Å²) in [7, 11) is 0. The van der Waals surface area contributed by atoms with Crippen molar-refractivity contribution in [3.05, 3.63) is 114 Å². The van der Waals surface area contributed by atoms with Crippen molar-refractivity contribution in [1.82, 2.24) is 0 Å². The minimum Gasteiger partial charge on any atom is -0.464 e. The van der Waals surface area contributed by atoms with Gasteiger partial charge in [-0.1, -0.05) is 84.9 Å². The van der Waals surface area contributed by atoms with Crippen LogP contribution in [0.3, 0.4) is 0 Å². The highest BCUT2D eigenvalue weighted by Gasteiger charge is 2.15. The zero-order valence-electron chi connectivity index (χ0n) is 15.9. The quantitative estimate of drug-likeness (QED) is 0.411. The lowest BCUT2D eigenvalue weighted by Gasteiger charge is -2.18. The Balaban J connectivity index is 0.000000144. The Morgan fingerprint density at radius 2 is 1.31 bits per heavy atom. The molecule has 29 heavy (non-hydrogen) atoms. The molecule has 1 aliphatic carbocycles. The Hall–Kier alpha value is -3.85. The second-order valence-corrected chi connectivity index (χ2v) is 6.76. The van der Waals surface area contributed by atoms with Gasteiger partial charge in [-0.25, -0.2) is 9.69 Å². The van der Waals surface area contributed by atoms with Crippen LogP contribution in [0.1, 0.15) is 11.1 Å². The molecule has 0 unspecified atom stereocenters. The van der Waals surface area contributed by atoms with Crippen LogP contribution in [0, 0.1) is 0 Å². The molecule has 1 aliphatic rings. The van der Waals surface area contributed by atoms with Gasteiger partial charge in [0, 0.05) is 0 Å². The summed E-state index contributed by atoms with van der Waals surface area (Å²) in [6.07, 6.45) is 4.54. The maximum absolute atomic E-state index is 11.2. The van der Waals surface area contributed by atoms with Crippen LogP contribution in [0.15, 0.2) is 103 Å². The Kier molecular flexibility index (Phi) is 5.39. The number of hydrogen-bond acceptors (Lipinski definition) is 1. The van der Waals surface area contributed by atoms with E-state index in [0.717, 1.165) is 6.42 Å². The van der Waals surface area contributed by atoms with Gasteiger partial charge < -0.3 is 5.11 Å². The predicted octanol–water partition coefficient (Wildman–Crippen LogP) is 6.91. The summed E-state index contributed by atoms with van der Waals surface area (Å²) in [4.78, 5) is 12.5. The number of nitrogens with zero attached hydrogens (tertiary/aromatic N) is 1. The molecule has 0 spiro atoms. The largest absolute Gasteiger partial charge is 0.464 e. The lowest BCUT2D eigenvalue weighted by Crippen LogP contribution is -2.23. The van der Waals surface area contributed by atoms with Gasteiger partial charge in [-0.05, 0) is 52.6 Å². The average molecular weight is 379 g/mol. The van der Waals surface area contributed by atoms with Crippen molar-refractivity contribution in [2.75, 3.05) is 4.90 Å². The van der Waals surface area contributed by atoms with Crippen molar-refractivity contribution in [3.8, 4) is 0 Å². The lowest BCUT2D eigenvalue weighted by molar-refractivity contribution is 0.205. The number of carboxylic acid groups (broad SMARTS) is 1. The molecule has 0 aromatic heterocycles. The Morgan fingerprint density at radius 1 is 0.724 bits per heavy atom. The molecular weight excluding hydrogens is 358 g/mol. The smallest absolute Gasteiger partial charge is 0.416 e. The number of hydrogen-bond donors (Lipinski definition) is 1. The fourth-order valence-electron chi connectivity index (χ4n) is 3.60. The van der Waals surface area contributed by atoms with Crippen molar-refractivity contribution in [2.24, 2.45) is 0 Å². The van der Waals surface area contributed by atoms with Crippen LogP contribution < -0.4 is 4.90 Å². The molecule has 4 aromatic carbocycles. The van der Waals surface area contributed by atoms with Gasteiger partial charge in [0.25, 0.3) is 0 Å². The highest BCUT2D eigenvalue weighted by atomic mass is 16.4. The molecule has 0 saturated carbocycles.